The van der Waals surface area contributed by atoms with Crippen molar-refractivity contribution >= 4 is 12.0 Å². The summed E-state index contributed by atoms with van der Waals surface area (Å²) in [6, 6.07) is 3.99. The van der Waals surface area contributed by atoms with Gasteiger partial charge in [-0.15, -0.1) is 0 Å². The molecule has 1 aliphatic rings. The summed E-state index contributed by atoms with van der Waals surface area (Å²) < 4.78 is 5.39. The van der Waals surface area contributed by atoms with Gasteiger partial charge in [0.15, 0.2) is 0 Å². The Morgan fingerprint density at radius 1 is 1.47 bits per heavy atom. The zero-order chi connectivity index (χ0) is 13.7. The summed E-state index contributed by atoms with van der Waals surface area (Å²) in [7, 11) is 0. The van der Waals surface area contributed by atoms with Crippen LogP contribution in [0.5, 0.6) is 0 Å². The fourth-order valence-corrected chi connectivity index (χ4v) is 2.59. The summed E-state index contributed by atoms with van der Waals surface area (Å²) in [6.07, 6.45) is 7.64. The fourth-order valence-electron chi connectivity index (χ4n) is 2.59. The molecule has 1 fully saturated rings. The summed E-state index contributed by atoms with van der Waals surface area (Å²) >= 11 is 0. The van der Waals surface area contributed by atoms with Gasteiger partial charge in [0, 0.05) is 18.7 Å². The number of hydrogen-bond donors (Lipinski definition) is 1. The first-order chi connectivity index (χ1) is 9.20. The van der Waals surface area contributed by atoms with Gasteiger partial charge in [0.1, 0.15) is 11.5 Å². The molecule has 0 radical (unpaired) electrons. The monoisotopic (exact) mass is 263 g/mol. The summed E-state index contributed by atoms with van der Waals surface area (Å²) in [4.78, 5) is 14.0. The molecule has 0 spiro atoms. The zero-order valence-electron chi connectivity index (χ0n) is 11.3. The highest BCUT2D eigenvalue weighted by Gasteiger charge is 2.24. The number of aliphatic hydroxyl groups is 1. The minimum atomic E-state index is -0.0463. The van der Waals surface area contributed by atoms with Crippen LogP contribution in [0.3, 0.4) is 0 Å². The third kappa shape index (κ3) is 3.70. The highest BCUT2D eigenvalue weighted by atomic mass is 16.3. The average Bonchev–Trinajstić information content (AvgIpc) is 3.04. The summed E-state index contributed by atoms with van der Waals surface area (Å²) in [5.74, 6) is 1.46. The number of rotatable bonds is 5. The van der Waals surface area contributed by atoms with Crippen molar-refractivity contribution in [2.75, 3.05) is 13.2 Å². The first-order valence-electron chi connectivity index (χ1n) is 6.86. The molecule has 0 unspecified atom stereocenters. The topological polar surface area (TPSA) is 53.7 Å². The number of carbonyl (C=O) groups excluding carboxylic acids is 1. The number of aliphatic hydroxyl groups excluding tert-OH is 1. The van der Waals surface area contributed by atoms with Gasteiger partial charge in [0.25, 0.3) is 0 Å². The van der Waals surface area contributed by atoms with E-state index in [1.54, 1.807) is 11.0 Å². The molecule has 0 bridgehead atoms. The number of amides is 1. The molecule has 19 heavy (non-hydrogen) atoms. The van der Waals surface area contributed by atoms with Gasteiger partial charge in [-0.1, -0.05) is 12.8 Å². The van der Waals surface area contributed by atoms with Crippen LogP contribution in [0.2, 0.25) is 0 Å². The van der Waals surface area contributed by atoms with Gasteiger partial charge in [0.2, 0.25) is 5.91 Å². The predicted molar refractivity (Wildman–Crippen MR) is 73.5 cm³/mol. The number of nitrogens with zero attached hydrogens (tertiary/aromatic N) is 1. The maximum Gasteiger partial charge on any atom is 0.247 e. The molecule has 1 heterocycles. The van der Waals surface area contributed by atoms with Crippen molar-refractivity contribution in [3.8, 4) is 0 Å². The quantitative estimate of drug-likeness (QED) is 0.830. The van der Waals surface area contributed by atoms with E-state index >= 15 is 0 Å². The van der Waals surface area contributed by atoms with E-state index < -0.39 is 0 Å². The Labute approximate surface area is 113 Å². The number of furan rings is 1. The number of carbonyl (C=O) groups is 1. The first-order valence-corrected chi connectivity index (χ1v) is 6.86. The largest absolute Gasteiger partial charge is 0.462 e. The zero-order valence-corrected chi connectivity index (χ0v) is 11.3. The van der Waals surface area contributed by atoms with E-state index in [1.807, 2.05) is 19.1 Å². The lowest BCUT2D eigenvalue weighted by molar-refractivity contribution is -0.128. The number of hydrogen-bond acceptors (Lipinski definition) is 3. The van der Waals surface area contributed by atoms with Crippen molar-refractivity contribution in [2.45, 2.75) is 38.6 Å². The molecule has 1 amide bonds. The van der Waals surface area contributed by atoms with Crippen LogP contribution in [0, 0.1) is 6.92 Å². The van der Waals surface area contributed by atoms with Crippen molar-refractivity contribution < 1.29 is 14.3 Å². The molecule has 1 aromatic rings. The van der Waals surface area contributed by atoms with Crippen LogP contribution in [0.1, 0.15) is 37.2 Å². The minimum absolute atomic E-state index is 0.00986. The number of aryl methyl sites for hydroxylation is 1. The smallest absolute Gasteiger partial charge is 0.247 e. The van der Waals surface area contributed by atoms with Crippen molar-refractivity contribution in [1.82, 2.24) is 4.90 Å². The lowest BCUT2D eigenvalue weighted by Crippen LogP contribution is -2.39. The first kappa shape index (κ1) is 13.9. The molecule has 104 valence electrons. The summed E-state index contributed by atoms with van der Waals surface area (Å²) in [5, 5.41) is 9.10. The Kier molecular flexibility index (Phi) is 4.80. The molecule has 1 N–H and O–H groups in total. The van der Waals surface area contributed by atoms with E-state index in [-0.39, 0.29) is 18.6 Å². The average molecular weight is 263 g/mol. The molecule has 0 aliphatic heterocycles. The van der Waals surface area contributed by atoms with E-state index in [1.165, 1.54) is 18.9 Å². The Balaban J connectivity index is 2.00. The Morgan fingerprint density at radius 2 is 2.21 bits per heavy atom. The maximum absolute atomic E-state index is 12.2. The highest BCUT2D eigenvalue weighted by molar-refractivity contribution is 5.91. The van der Waals surface area contributed by atoms with Gasteiger partial charge < -0.3 is 14.4 Å². The van der Waals surface area contributed by atoms with Crippen molar-refractivity contribution in [1.29, 1.82) is 0 Å². The Morgan fingerprint density at radius 3 is 2.79 bits per heavy atom. The predicted octanol–water partition coefficient (Wildman–Crippen LogP) is 2.36. The fraction of sp³-hybridized carbons (Fsp3) is 0.533. The molecule has 0 saturated heterocycles. The lowest BCUT2D eigenvalue weighted by atomic mass is 10.2. The van der Waals surface area contributed by atoms with E-state index in [0.29, 0.717) is 12.3 Å². The molecular weight excluding hydrogens is 242 g/mol. The van der Waals surface area contributed by atoms with Crippen molar-refractivity contribution in [3.05, 3.63) is 29.7 Å². The van der Waals surface area contributed by atoms with E-state index in [4.69, 9.17) is 9.52 Å². The third-order valence-electron chi connectivity index (χ3n) is 3.54. The second-order valence-corrected chi connectivity index (χ2v) is 4.98. The molecule has 0 atom stereocenters. The molecule has 1 aromatic heterocycles. The normalized spacial score (nSPS) is 16.3. The molecule has 0 aromatic carbocycles. The van der Waals surface area contributed by atoms with Gasteiger partial charge in [-0.3, -0.25) is 4.79 Å². The lowest BCUT2D eigenvalue weighted by Gasteiger charge is -2.27. The van der Waals surface area contributed by atoms with Gasteiger partial charge in [-0.2, -0.15) is 0 Å². The molecular formula is C15H21NO3. The van der Waals surface area contributed by atoms with Gasteiger partial charge >= 0.3 is 0 Å². The Bertz CT molecular complexity index is 444. The molecule has 1 saturated carbocycles. The molecule has 1 aliphatic carbocycles. The standard InChI is InChI=1S/C15H21NO3/c1-12-6-7-14(19-12)8-9-15(18)16(10-11-17)13-4-2-3-5-13/h6-9,13,17H,2-5,10-11H2,1H3/b9-8+. The SMILES string of the molecule is Cc1ccc(/C=C/C(=O)N(CCO)C2CCCC2)o1. The van der Waals surface area contributed by atoms with Gasteiger partial charge in [-0.05, 0) is 38.0 Å². The van der Waals surface area contributed by atoms with Crippen LogP contribution in [0.4, 0.5) is 0 Å². The third-order valence-corrected chi connectivity index (χ3v) is 3.54. The minimum Gasteiger partial charge on any atom is -0.462 e. The van der Waals surface area contributed by atoms with E-state index in [9.17, 15) is 4.79 Å². The Hall–Kier alpha value is -1.55. The van der Waals surface area contributed by atoms with Crippen LogP contribution in [-0.4, -0.2) is 35.1 Å². The molecule has 2 rings (SSSR count). The molecule has 4 heteroatoms. The maximum atomic E-state index is 12.2. The van der Waals surface area contributed by atoms with Crippen LogP contribution in [0.15, 0.2) is 22.6 Å². The van der Waals surface area contributed by atoms with E-state index in [2.05, 4.69) is 0 Å². The van der Waals surface area contributed by atoms with Crippen LogP contribution in [0.25, 0.3) is 6.08 Å². The molecule has 4 nitrogen and oxygen atoms in total. The van der Waals surface area contributed by atoms with Crippen molar-refractivity contribution in [3.63, 3.8) is 0 Å². The highest BCUT2D eigenvalue weighted by Crippen LogP contribution is 2.23. The van der Waals surface area contributed by atoms with E-state index in [0.717, 1.165) is 18.6 Å². The van der Waals surface area contributed by atoms with Gasteiger partial charge in [0.05, 0.1) is 6.61 Å². The second-order valence-electron chi connectivity index (χ2n) is 4.98. The van der Waals surface area contributed by atoms with Crippen LogP contribution in [-0.2, 0) is 4.79 Å². The second kappa shape index (κ2) is 6.57. The summed E-state index contributed by atoms with van der Waals surface area (Å²) in [6.45, 7) is 2.29. The van der Waals surface area contributed by atoms with Crippen LogP contribution < -0.4 is 0 Å². The van der Waals surface area contributed by atoms with Crippen molar-refractivity contribution in [2.24, 2.45) is 0 Å². The summed E-state index contributed by atoms with van der Waals surface area (Å²) in [5.41, 5.74) is 0. The van der Waals surface area contributed by atoms with Gasteiger partial charge in [-0.25, -0.2) is 0 Å². The van der Waals surface area contributed by atoms with Crippen LogP contribution >= 0.6 is 0 Å².